The SMILES string of the molecule is O=C(O)c1ccc2cc(-c3ccc(F)cc3F)ccc2c1. The highest BCUT2D eigenvalue weighted by Crippen LogP contribution is 2.27. The molecule has 1 N–H and O–H groups in total. The molecule has 0 amide bonds. The number of fused-ring (bicyclic) bond motifs is 1. The maximum absolute atomic E-state index is 13.8. The van der Waals surface area contributed by atoms with Crippen LogP contribution in [-0.2, 0) is 0 Å². The van der Waals surface area contributed by atoms with E-state index in [0.717, 1.165) is 16.8 Å². The van der Waals surface area contributed by atoms with Crippen LogP contribution in [0, 0.1) is 11.6 Å². The summed E-state index contributed by atoms with van der Waals surface area (Å²) in [5, 5.41) is 10.5. The molecule has 0 fully saturated rings. The summed E-state index contributed by atoms with van der Waals surface area (Å²) in [7, 11) is 0. The first-order valence-electron chi connectivity index (χ1n) is 6.27. The molecule has 0 heterocycles. The van der Waals surface area contributed by atoms with Gasteiger partial charge in [0.1, 0.15) is 11.6 Å². The van der Waals surface area contributed by atoms with Crippen LogP contribution in [0.4, 0.5) is 8.78 Å². The maximum atomic E-state index is 13.8. The van der Waals surface area contributed by atoms with Crippen LogP contribution in [0.5, 0.6) is 0 Å². The van der Waals surface area contributed by atoms with Crippen LogP contribution in [0.2, 0.25) is 0 Å². The van der Waals surface area contributed by atoms with E-state index in [1.807, 2.05) is 0 Å². The highest BCUT2D eigenvalue weighted by molar-refractivity contribution is 5.95. The van der Waals surface area contributed by atoms with Crippen molar-refractivity contribution in [2.24, 2.45) is 0 Å². The third kappa shape index (κ3) is 2.48. The van der Waals surface area contributed by atoms with Crippen molar-refractivity contribution < 1.29 is 18.7 Å². The van der Waals surface area contributed by atoms with Gasteiger partial charge >= 0.3 is 5.97 Å². The van der Waals surface area contributed by atoms with Gasteiger partial charge in [-0.25, -0.2) is 13.6 Å². The average Bonchev–Trinajstić information content (AvgIpc) is 2.46. The standard InChI is InChI=1S/C17H10F2O2/c18-14-5-6-15(16(19)9-14)12-3-1-11-8-13(17(20)21)4-2-10(11)7-12/h1-9H,(H,20,21). The van der Waals surface area contributed by atoms with Gasteiger partial charge in [0.2, 0.25) is 0 Å². The maximum Gasteiger partial charge on any atom is 0.335 e. The molecule has 0 aliphatic heterocycles. The zero-order valence-corrected chi connectivity index (χ0v) is 10.8. The Morgan fingerprint density at radius 3 is 2.29 bits per heavy atom. The van der Waals surface area contributed by atoms with Crippen LogP contribution in [-0.4, -0.2) is 11.1 Å². The Morgan fingerprint density at radius 1 is 0.857 bits per heavy atom. The number of carbonyl (C=O) groups is 1. The molecule has 0 unspecified atom stereocenters. The Kier molecular flexibility index (Phi) is 3.14. The monoisotopic (exact) mass is 284 g/mol. The third-order valence-electron chi connectivity index (χ3n) is 3.33. The lowest BCUT2D eigenvalue weighted by Crippen LogP contribution is -1.95. The summed E-state index contributed by atoms with van der Waals surface area (Å²) >= 11 is 0. The fourth-order valence-corrected chi connectivity index (χ4v) is 2.27. The molecule has 21 heavy (non-hydrogen) atoms. The van der Waals surface area contributed by atoms with Gasteiger partial charge in [-0.3, -0.25) is 0 Å². The highest BCUT2D eigenvalue weighted by Gasteiger charge is 2.08. The minimum absolute atomic E-state index is 0.197. The van der Waals surface area contributed by atoms with Crippen LogP contribution in [0.15, 0.2) is 54.6 Å². The molecule has 0 aliphatic rings. The molecule has 2 nitrogen and oxygen atoms in total. The fraction of sp³-hybridized carbons (Fsp3) is 0. The Bertz CT molecular complexity index is 857. The smallest absolute Gasteiger partial charge is 0.335 e. The molecule has 3 aromatic rings. The highest BCUT2D eigenvalue weighted by atomic mass is 19.1. The van der Waals surface area contributed by atoms with Crippen molar-refractivity contribution in [3.63, 3.8) is 0 Å². The van der Waals surface area contributed by atoms with Gasteiger partial charge in [0.15, 0.2) is 0 Å². The number of hydrogen-bond donors (Lipinski definition) is 1. The number of rotatable bonds is 2. The van der Waals surface area contributed by atoms with E-state index in [0.29, 0.717) is 11.1 Å². The zero-order chi connectivity index (χ0) is 15.0. The summed E-state index contributed by atoms with van der Waals surface area (Å²) in [6.45, 7) is 0. The van der Waals surface area contributed by atoms with Crippen molar-refractivity contribution >= 4 is 16.7 Å². The minimum Gasteiger partial charge on any atom is -0.478 e. The molecule has 0 radical (unpaired) electrons. The number of hydrogen-bond acceptors (Lipinski definition) is 1. The molecular weight excluding hydrogens is 274 g/mol. The van der Waals surface area contributed by atoms with Gasteiger partial charge in [0.25, 0.3) is 0 Å². The van der Waals surface area contributed by atoms with Gasteiger partial charge in [-0.15, -0.1) is 0 Å². The number of benzene rings is 3. The van der Waals surface area contributed by atoms with Crippen molar-refractivity contribution in [1.29, 1.82) is 0 Å². The van der Waals surface area contributed by atoms with Crippen LogP contribution in [0.1, 0.15) is 10.4 Å². The van der Waals surface area contributed by atoms with Crippen LogP contribution in [0.25, 0.3) is 21.9 Å². The fourth-order valence-electron chi connectivity index (χ4n) is 2.27. The molecule has 3 rings (SSSR count). The first-order chi connectivity index (χ1) is 10.0. The first-order valence-corrected chi connectivity index (χ1v) is 6.27. The number of carboxylic acids is 1. The Labute approximate surface area is 119 Å². The van der Waals surface area contributed by atoms with Gasteiger partial charge in [0, 0.05) is 11.6 Å². The largest absolute Gasteiger partial charge is 0.478 e. The molecule has 0 atom stereocenters. The predicted octanol–water partition coefficient (Wildman–Crippen LogP) is 4.48. The lowest BCUT2D eigenvalue weighted by atomic mass is 9.99. The van der Waals surface area contributed by atoms with E-state index in [4.69, 9.17) is 5.11 Å². The first kappa shape index (κ1) is 13.2. The van der Waals surface area contributed by atoms with Gasteiger partial charge in [-0.1, -0.05) is 18.2 Å². The third-order valence-corrected chi connectivity index (χ3v) is 3.33. The summed E-state index contributed by atoms with van der Waals surface area (Å²) in [6, 6.07) is 13.3. The van der Waals surface area contributed by atoms with E-state index < -0.39 is 17.6 Å². The summed E-state index contributed by atoms with van der Waals surface area (Å²) in [5.74, 6) is -2.25. The molecule has 3 aromatic carbocycles. The van der Waals surface area contributed by atoms with Crippen molar-refractivity contribution in [2.75, 3.05) is 0 Å². The summed E-state index contributed by atoms with van der Waals surface area (Å²) in [5.41, 5.74) is 1.12. The second kappa shape index (κ2) is 4.98. The second-order valence-electron chi connectivity index (χ2n) is 4.71. The molecule has 0 saturated carbocycles. The van der Waals surface area contributed by atoms with Gasteiger partial charge in [0.05, 0.1) is 5.56 Å². The van der Waals surface area contributed by atoms with E-state index in [9.17, 15) is 13.6 Å². The molecule has 0 aliphatic carbocycles. The van der Waals surface area contributed by atoms with Crippen molar-refractivity contribution in [3.05, 3.63) is 71.8 Å². The van der Waals surface area contributed by atoms with Gasteiger partial charge < -0.3 is 5.11 Å². The zero-order valence-electron chi connectivity index (χ0n) is 10.8. The van der Waals surface area contributed by atoms with Crippen LogP contribution >= 0.6 is 0 Å². The molecular formula is C17H10F2O2. The Balaban J connectivity index is 2.13. The second-order valence-corrected chi connectivity index (χ2v) is 4.71. The van der Waals surface area contributed by atoms with Crippen molar-refractivity contribution in [1.82, 2.24) is 0 Å². The van der Waals surface area contributed by atoms with E-state index in [1.165, 1.54) is 18.2 Å². The van der Waals surface area contributed by atoms with Gasteiger partial charge in [-0.2, -0.15) is 0 Å². The normalized spacial score (nSPS) is 10.8. The molecule has 104 valence electrons. The Morgan fingerprint density at radius 2 is 1.57 bits per heavy atom. The number of aromatic carboxylic acids is 1. The molecule has 0 aromatic heterocycles. The topological polar surface area (TPSA) is 37.3 Å². The van der Waals surface area contributed by atoms with E-state index in [2.05, 4.69) is 0 Å². The summed E-state index contributed by atoms with van der Waals surface area (Å²) < 4.78 is 26.7. The molecule has 4 heteroatoms. The lowest BCUT2D eigenvalue weighted by Gasteiger charge is -2.06. The van der Waals surface area contributed by atoms with Crippen LogP contribution in [0.3, 0.4) is 0 Å². The van der Waals surface area contributed by atoms with Crippen LogP contribution < -0.4 is 0 Å². The van der Waals surface area contributed by atoms with Crippen molar-refractivity contribution in [2.45, 2.75) is 0 Å². The molecule has 0 bridgehead atoms. The molecule has 0 saturated heterocycles. The van der Waals surface area contributed by atoms with E-state index >= 15 is 0 Å². The minimum atomic E-state index is -0.995. The quantitative estimate of drug-likeness (QED) is 0.753. The Hall–Kier alpha value is -2.75. The predicted molar refractivity (Wildman–Crippen MR) is 76.3 cm³/mol. The van der Waals surface area contributed by atoms with E-state index in [1.54, 1.807) is 30.3 Å². The summed E-state index contributed by atoms with van der Waals surface area (Å²) in [6.07, 6.45) is 0. The van der Waals surface area contributed by atoms with Crippen molar-refractivity contribution in [3.8, 4) is 11.1 Å². The summed E-state index contributed by atoms with van der Waals surface area (Å²) in [4.78, 5) is 10.9. The van der Waals surface area contributed by atoms with E-state index in [-0.39, 0.29) is 5.56 Å². The number of halogens is 2. The lowest BCUT2D eigenvalue weighted by molar-refractivity contribution is 0.0697. The molecule has 0 spiro atoms. The van der Waals surface area contributed by atoms with Gasteiger partial charge in [-0.05, 0) is 46.7 Å². The number of carboxylic acid groups (broad SMARTS) is 1. The average molecular weight is 284 g/mol.